The molecule has 0 saturated heterocycles. The second kappa shape index (κ2) is 11.2. The van der Waals surface area contributed by atoms with E-state index in [0.29, 0.717) is 23.6 Å². The van der Waals surface area contributed by atoms with Gasteiger partial charge in [0.25, 0.3) is 0 Å². The number of rotatable bonds is 7. The highest BCUT2D eigenvalue weighted by atomic mass is 32.2. The van der Waals surface area contributed by atoms with E-state index in [-0.39, 0.29) is 33.4 Å². The van der Waals surface area contributed by atoms with Gasteiger partial charge in [0.05, 0.1) is 17.0 Å². The Hall–Kier alpha value is -2.55. The molecule has 0 aliphatic carbocycles. The maximum Gasteiger partial charge on any atom is 0.163 e. The summed E-state index contributed by atoms with van der Waals surface area (Å²) in [6.45, 7) is 9.05. The SMILES string of the molecule is Cc1cnc([C@H](OC(C)C)[C@H](C)S(=O)(=O)Cc2nnc3n2-c2c(F)cccc2/C=C\C[C@H]3C)nc1.P. The highest BCUT2D eigenvalue weighted by Crippen LogP contribution is 2.32. The lowest BCUT2D eigenvalue weighted by molar-refractivity contribution is 0.00141. The van der Waals surface area contributed by atoms with Crippen LogP contribution >= 0.6 is 9.90 Å². The van der Waals surface area contributed by atoms with Crippen molar-refractivity contribution in [2.24, 2.45) is 0 Å². The molecule has 36 heavy (non-hydrogen) atoms. The van der Waals surface area contributed by atoms with Crippen LogP contribution in [0.4, 0.5) is 4.39 Å². The molecule has 1 aliphatic heterocycles. The highest BCUT2D eigenvalue weighted by Gasteiger charge is 2.36. The van der Waals surface area contributed by atoms with Crippen molar-refractivity contribution in [1.29, 1.82) is 0 Å². The van der Waals surface area contributed by atoms with Gasteiger partial charge in [0, 0.05) is 23.9 Å². The second-order valence-corrected chi connectivity index (χ2v) is 11.6. The topological polar surface area (TPSA) is 99.9 Å². The van der Waals surface area contributed by atoms with E-state index >= 15 is 4.39 Å². The number of allylic oxidation sites excluding steroid dienone is 1. The van der Waals surface area contributed by atoms with Gasteiger partial charge in [-0.3, -0.25) is 4.57 Å². The molecule has 11 heteroatoms. The molecule has 194 valence electrons. The molecule has 2 aromatic heterocycles. The number of para-hydroxylation sites is 1. The second-order valence-electron chi connectivity index (χ2n) is 9.26. The Bertz CT molecular complexity index is 1340. The largest absolute Gasteiger partial charge is 0.366 e. The Labute approximate surface area is 215 Å². The molecule has 1 unspecified atom stereocenters. The van der Waals surface area contributed by atoms with E-state index in [9.17, 15) is 8.42 Å². The molecule has 0 spiro atoms. The van der Waals surface area contributed by atoms with Crippen molar-refractivity contribution in [3.8, 4) is 5.69 Å². The summed E-state index contributed by atoms with van der Waals surface area (Å²) in [5.74, 6) is 0.00670. The van der Waals surface area contributed by atoms with Crippen LogP contribution in [0.15, 0.2) is 36.7 Å². The zero-order chi connectivity index (χ0) is 25.3. The van der Waals surface area contributed by atoms with E-state index in [2.05, 4.69) is 20.2 Å². The Morgan fingerprint density at radius 1 is 1.17 bits per heavy atom. The van der Waals surface area contributed by atoms with Gasteiger partial charge in [0.1, 0.15) is 23.5 Å². The van der Waals surface area contributed by atoms with Crippen molar-refractivity contribution >= 4 is 25.8 Å². The molecule has 0 bridgehead atoms. The first-order valence-electron chi connectivity index (χ1n) is 11.6. The Morgan fingerprint density at radius 2 is 1.86 bits per heavy atom. The van der Waals surface area contributed by atoms with Crippen LogP contribution in [0.2, 0.25) is 0 Å². The number of nitrogens with zero attached hydrogens (tertiary/aromatic N) is 5. The molecule has 3 heterocycles. The Morgan fingerprint density at radius 3 is 2.53 bits per heavy atom. The number of aromatic nitrogens is 5. The average molecular weight is 534 g/mol. The molecule has 0 N–H and O–H groups in total. The highest BCUT2D eigenvalue weighted by molar-refractivity contribution is 7.91. The van der Waals surface area contributed by atoms with Gasteiger partial charge in [-0.05, 0) is 45.7 Å². The number of halogens is 1. The normalized spacial score (nSPS) is 17.8. The monoisotopic (exact) mass is 533 g/mol. The first-order valence-corrected chi connectivity index (χ1v) is 13.3. The third kappa shape index (κ3) is 5.71. The van der Waals surface area contributed by atoms with Crippen LogP contribution in [-0.4, -0.2) is 44.5 Å². The summed E-state index contributed by atoms with van der Waals surface area (Å²) < 4.78 is 49.9. The van der Waals surface area contributed by atoms with Gasteiger partial charge in [-0.15, -0.1) is 10.2 Å². The summed E-state index contributed by atoms with van der Waals surface area (Å²) in [5, 5.41) is 7.51. The smallest absolute Gasteiger partial charge is 0.163 e. The molecule has 0 fully saturated rings. The predicted molar refractivity (Wildman–Crippen MR) is 142 cm³/mol. The van der Waals surface area contributed by atoms with Crippen molar-refractivity contribution in [3.63, 3.8) is 0 Å². The van der Waals surface area contributed by atoms with Gasteiger partial charge >= 0.3 is 0 Å². The number of hydrogen-bond acceptors (Lipinski definition) is 7. The zero-order valence-electron chi connectivity index (χ0n) is 21.2. The molecular formula is C25H33FN5O3PS. The van der Waals surface area contributed by atoms with Gasteiger partial charge < -0.3 is 4.74 Å². The molecule has 0 radical (unpaired) electrons. The fourth-order valence-corrected chi connectivity index (χ4v) is 5.49. The van der Waals surface area contributed by atoms with Gasteiger partial charge in [0.2, 0.25) is 0 Å². The Kier molecular flexibility index (Phi) is 8.75. The third-order valence-electron chi connectivity index (χ3n) is 6.02. The minimum Gasteiger partial charge on any atom is -0.366 e. The van der Waals surface area contributed by atoms with E-state index in [1.807, 2.05) is 39.8 Å². The van der Waals surface area contributed by atoms with Crippen LogP contribution < -0.4 is 0 Å². The van der Waals surface area contributed by atoms with Gasteiger partial charge in [-0.1, -0.05) is 31.2 Å². The van der Waals surface area contributed by atoms with Crippen molar-refractivity contribution in [2.45, 2.75) is 70.2 Å². The molecule has 4 atom stereocenters. The fraction of sp³-hybridized carbons (Fsp3) is 0.440. The van der Waals surface area contributed by atoms with E-state index in [0.717, 1.165) is 5.56 Å². The first kappa shape index (κ1) is 28.0. The van der Waals surface area contributed by atoms with E-state index in [4.69, 9.17) is 4.74 Å². The number of sulfone groups is 1. The number of hydrogen-bond donors (Lipinski definition) is 0. The summed E-state index contributed by atoms with van der Waals surface area (Å²) in [6, 6.07) is 4.77. The lowest BCUT2D eigenvalue weighted by atomic mass is 10.0. The zero-order valence-corrected chi connectivity index (χ0v) is 23.4. The molecule has 3 aromatic rings. The van der Waals surface area contributed by atoms with Crippen LogP contribution in [0, 0.1) is 12.7 Å². The molecular weight excluding hydrogens is 500 g/mol. The standard InChI is InChI=1S/C25H30FN5O3S.H3P/c1-15(2)34-23(24-27-12-16(3)13-28-24)18(5)35(32,33)14-21-29-30-25-17(4)8-6-9-19-10-7-11-20(26)22(19)31(21)25;/h6-7,9-13,15,17-18,23H,8,14H2,1-5H3;1H3/b9-6-;/t17-,18+,23-;/m1./s1. The number of fused-ring (bicyclic) bond motifs is 3. The third-order valence-corrected chi connectivity index (χ3v) is 8.06. The minimum atomic E-state index is -3.84. The molecule has 4 rings (SSSR count). The summed E-state index contributed by atoms with van der Waals surface area (Å²) in [4.78, 5) is 8.63. The summed E-state index contributed by atoms with van der Waals surface area (Å²) in [5.41, 5.74) is 1.75. The molecule has 1 aromatic carbocycles. The lowest BCUT2D eigenvalue weighted by Gasteiger charge is -2.25. The Balaban J connectivity index is 0.00000361. The maximum absolute atomic E-state index is 15.1. The summed E-state index contributed by atoms with van der Waals surface area (Å²) >= 11 is 0. The van der Waals surface area contributed by atoms with Gasteiger partial charge in [-0.2, -0.15) is 9.90 Å². The van der Waals surface area contributed by atoms with E-state index in [1.54, 1.807) is 36.0 Å². The fourth-order valence-electron chi connectivity index (χ4n) is 4.12. The maximum atomic E-state index is 15.1. The van der Waals surface area contributed by atoms with Crippen molar-refractivity contribution in [1.82, 2.24) is 24.7 Å². The van der Waals surface area contributed by atoms with Crippen LogP contribution in [-0.2, 0) is 20.3 Å². The van der Waals surface area contributed by atoms with Gasteiger partial charge in [0.15, 0.2) is 21.5 Å². The first-order chi connectivity index (χ1) is 16.6. The quantitative estimate of drug-likeness (QED) is 0.411. The summed E-state index contributed by atoms with van der Waals surface area (Å²) in [6.07, 6.45) is 6.63. The van der Waals surface area contributed by atoms with Crippen LogP contribution in [0.3, 0.4) is 0 Å². The molecule has 1 aliphatic rings. The molecule has 0 saturated carbocycles. The van der Waals surface area contributed by atoms with Crippen LogP contribution in [0.25, 0.3) is 11.8 Å². The van der Waals surface area contributed by atoms with Crippen molar-refractivity contribution in [2.75, 3.05) is 0 Å². The summed E-state index contributed by atoms with van der Waals surface area (Å²) in [7, 11) is -3.84. The lowest BCUT2D eigenvalue weighted by Crippen LogP contribution is -2.32. The molecule has 0 amide bonds. The van der Waals surface area contributed by atoms with Crippen LogP contribution in [0.1, 0.15) is 74.7 Å². The van der Waals surface area contributed by atoms with Crippen molar-refractivity contribution < 1.29 is 17.5 Å². The van der Waals surface area contributed by atoms with Gasteiger partial charge in [-0.25, -0.2) is 22.8 Å². The van der Waals surface area contributed by atoms with E-state index in [1.165, 1.54) is 6.07 Å². The average Bonchev–Trinajstić information content (AvgIpc) is 3.18. The molecule has 8 nitrogen and oxygen atoms in total. The van der Waals surface area contributed by atoms with E-state index < -0.39 is 32.8 Å². The predicted octanol–water partition coefficient (Wildman–Crippen LogP) is 4.55. The number of ether oxygens (including phenoxy) is 1. The number of benzene rings is 1. The van der Waals surface area contributed by atoms with Crippen LogP contribution in [0.5, 0.6) is 0 Å². The minimum absolute atomic E-state index is 0. The van der Waals surface area contributed by atoms with Crippen molar-refractivity contribution in [3.05, 3.63) is 71.1 Å². The number of aryl methyl sites for hydroxylation is 1.